The molecule has 7 heteroatoms. The molecular formula is C13H22N2O5. The second kappa shape index (κ2) is 5.30. The minimum atomic E-state index is -0.866. The van der Waals surface area contributed by atoms with Crippen LogP contribution in [0.15, 0.2) is 0 Å². The lowest BCUT2D eigenvalue weighted by Gasteiger charge is -2.23. The van der Waals surface area contributed by atoms with Gasteiger partial charge in [-0.3, -0.25) is 0 Å². The van der Waals surface area contributed by atoms with Crippen LogP contribution in [0.25, 0.3) is 0 Å². The van der Waals surface area contributed by atoms with Gasteiger partial charge in [0.05, 0.1) is 6.54 Å². The molecule has 1 heterocycles. The minimum absolute atomic E-state index is 0.0946. The molecule has 0 aliphatic carbocycles. The third-order valence-electron chi connectivity index (χ3n) is 2.21. The van der Waals surface area contributed by atoms with Crippen LogP contribution in [0.3, 0.4) is 0 Å². The standard InChI is InChI=1S/C13H22N2O5/c1-12(2,3)19-9(16)8-7-15(10(17)14-8)11(18)20-13(4,5)6/h8H,7H2,1-6H3,(H,14,17). The molecular weight excluding hydrogens is 264 g/mol. The molecule has 1 fully saturated rings. The first-order chi connectivity index (χ1) is 8.89. The summed E-state index contributed by atoms with van der Waals surface area (Å²) in [7, 11) is 0. The van der Waals surface area contributed by atoms with Gasteiger partial charge in [0.1, 0.15) is 17.2 Å². The number of ether oxygens (including phenoxy) is 2. The van der Waals surface area contributed by atoms with Crippen LogP contribution in [-0.4, -0.2) is 46.8 Å². The number of rotatable bonds is 1. The van der Waals surface area contributed by atoms with Gasteiger partial charge in [0.25, 0.3) is 0 Å². The van der Waals surface area contributed by atoms with E-state index in [2.05, 4.69) is 5.32 Å². The first kappa shape index (κ1) is 16.3. The van der Waals surface area contributed by atoms with Crippen LogP contribution < -0.4 is 5.32 Å². The molecule has 0 aromatic heterocycles. The summed E-state index contributed by atoms with van der Waals surface area (Å²) < 4.78 is 10.3. The largest absolute Gasteiger partial charge is 0.458 e. The van der Waals surface area contributed by atoms with E-state index in [4.69, 9.17) is 9.47 Å². The normalized spacial score (nSPS) is 19.6. The number of nitrogens with zero attached hydrogens (tertiary/aromatic N) is 1. The van der Waals surface area contributed by atoms with E-state index in [0.29, 0.717) is 0 Å². The van der Waals surface area contributed by atoms with Crippen molar-refractivity contribution in [2.45, 2.75) is 58.8 Å². The SMILES string of the molecule is CC(C)(C)OC(=O)C1CN(C(=O)OC(C)(C)C)C(=O)N1. The average molecular weight is 286 g/mol. The van der Waals surface area contributed by atoms with Crippen LogP contribution in [0.2, 0.25) is 0 Å². The van der Waals surface area contributed by atoms with Gasteiger partial charge in [-0.25, -0.2) is 19.3 Å². The molecule has 3 amide bonds. The van der Waals surface area contributed by atoms with Crippen molar-refractivity contribution in [1.82, 2.24) is 10.2 Å². The van der Waals surface area contributed by atoms with E-state index >= 15 is 0 Å². The average Bonchev–Trinajstić information content (AvgIpc) is 2.55. The monoisotopic (exact) mass is 286 g/mol. The second-order valence-corrected chi connectivity index (χ2v) is 6.63. The Kier molecular flexibility index (Phi) is 4.31. The van der Waals surface area contributed by atoms with Crippen LogP contribution in [0, 0.1) is 0 Å². The zero-order chi connectivity index (χ0) is 15.7. The fourth-order valence-electron chi connectivity index (χ4n) is 1.52. The van der Waals surface area contributed by atoms with Gasteiger partial charge in [0, 0.05) is 0 Å². The van der Waals surface area contributed by atoms with Gasteiger partial charge in [-0.1, -0.05) is 0 Å². The van der Waals surface area contributed by atoms with E-state index in [0.717, 1.165) is 4.90 Å². The van der Waals surface area contributed by atoms with Gasteiger partial charge in [-0.15, -0.1) is 0 Å². The van der Waals surface area contributed by atoms with E-state index < -0.39 is 35.3 Å². The molecule has 0 aromatic carbocycles. The summed E-state index contributed by atoms with van der Waals surface area (Å²) in [5.41, 5.74) is -1.36. The van der Waals surface area contributed by atoms with Gasteiger partial charge in [-0.2, -0.15) is 0 Å². The molecule has 20 heavy (non-hydrogen) atoms. The molecule has 1 aliphatic rings. The van der Waals surface area contributed by atoms with E-state index in [1.165, 1.54) is 0 Å². The molecule has 0 aromatic rings. The van der Waals surface area contributed by atoms with Crippen LogP contribution in [-0.2, 0) is 14.3 Å². The van der Waals surface area contributed by atoms with Crippen LogP contribution >= 0.6 is 0 Å². The molecule has 1 atom stereocenters. The van der Waals surface area contributed by atoms with Crippen molar-refractivity contribution in [1.29, 1.82) is 0 Å². The van der Waals surface area contributed by atoms with Gasteiger partial charge in [0.15, 0.2) is 0 Å². The Morgan fingerprint density at radius 2 is 1.60 bits per heavy atom. The van der Waals surface area contributed by atoms with E-state index in [9.17, 15) is 14.4 Å². The highest BCUT2D eigenvalue weighted by Crippen LogP contribution is 2.15. The van der Waals surface area contributed by atoms with Crippen LogP contribution in [0.5, 0.6) is 0 Å². The number of carbonyl (C=O) groups excluding carboxylic acids is 3. The number of hydrogen-bond acceptors (Lipinski definition) is 5. The molecule has 0 saturated carbocycles. The maximum absolute atomic E-state index is 11.8. The summed E-state index contributed by atoms with van der Waals surface area (Å²) in [6, 6.07) is -1.52. The van der Waals surface area contributed by atoms with Gasteiger partial charge < -0.3 is 14.8 Å². The van der Waals surface area contributed by atoms with Crippen molar-refractivity contribution in [3.8, 4) is 0 Å². The molecule has 1 rings (SSSR count). The van der Waals surface area contributed by atoms with Crippen molar-refractivity contribution in [2.24, 2.45) is 0 Å². The Hall–Kier alpha value is -1.79. The van der Waals surface area contributed by atoms with Gasteiger partial charge in [-0.05, 0) is 41.5 Å². The molecule has 0 bridgehead atoms. The third kappa shape index (κ3) is 4.71. The topological polar surface area (TPSA) is 84.9 Å². The molecule has 7 nitrogen and oxygen atoms in total. The Labute approximate surface area is 118 Å². The molecule has 1 N–H and O–H groups in total. The number of amides is 3. The van der Waals surface area contributed by atoms with Crippen LogP contribution in [0.4, 0.5) is 9.59 Å². The number of carbonyl (C=O) groups is 3. The molecule has 0 radical (unpaired) electrons. The maximum Gasteiger partial charge on any atom is 0.418 e. The van der Waals surface area contributed by atoms with E-state index in [1.54, 1.807) is 41.5 Å². The molecule has 114 valence electrons. The zero-order valence-electron chi connectivity index (χ0n) is 12.8. The Morgan fingerprint density at radius 3 is 2.05 bits per heavy atom. The first-order valence-electron chi connectivity index (χ1n) is 6.43. The first-order valence-corrected chi connectivity index (χ1v) is 6.43. The smallest absolute Gasteiger partial charge is 0.418 e. The minimum Gasteiger partial charge on any atom is -0.458 e. The van der Waals surface area contributed by atoms with Crippen molar-refractivity contribution >= 4 is 18.1 Å². The lowest BCUT2D eigenvalue weighted by atomic mass is 10.2. The summed E-state index contributed by atoms with van der Waals surface area (Å²) in [6.07, 6.45) is -0.777. The summed E-state index contributed by atoms with van der Waals surface area (Å²) in [5.74, 6) is -0.572. The Morgan fingerprint density at radius 1 is 1.10 bits per heavy atom. The van der Waals surface area contributed by atoms with Gasteiger partial charge >= 0.3 is 18.1 Å². The van der Waals surface area contributed by atoms with Crippen molar-refractivity contribution in [3.63, 3.8) is 0 Å². The van der Waals surface area contributed by atoms with Crippen molar-refractivity contribution in [3.05, 3.63) is 0 Å². The Bertz CT molecular complexity index is 419. The number of hydrogen-bond donors (Lipinski definition) is 1. The predicted octanol–water partition coefficient (Wildman–Crippen LogP) is 1.66. The predicted molar refractivity (Wildman–Crippen MR) is 71.1 cm³/mol. The zero-order valence-corrected chi connectivity index (χ0v) is 12.8. The van der Waals surface area contributed by atoms with Crippen molar-refractivity contribution < 1.29 is 23.9 Å². The summed E-state index contributed by atoms with van der Waals surface area (Å²) in [4.78, 5) is 36.2. The molecule has 1 unspecified atom stereocenters. The number of imide groups is 1. The number of esters is 1. The Balaban J connectivity index is 2.66. The number of nitrogens with one attached hydrogen (secondary N) is 1. The van der Waals surface area contributed by atoms with Gasteiger partial charge in [0.2, 0.25) is 0 Å². The van der Waals surface area contributed by atoms with E-state index in [-0.39, 0.29) is 6.54 Å². The second-order valence-electron chi connectivity index (χ2n) is 6.63. The maximum atomic E-state index is 11.8. The summed E-state index contributed by atoms with van der Waals surface area (Å²) in [6.45, 7) is 10.2. The highest BCUT2D eigenvalue weighted by Gasteiger charge is 2.40. The molecule has 1 aliphatic heterocycles. The lowest BCUT2D eigenvalue weighted by molar-refractivity contribution is -0.156. The fraction of sp³-hybridized carbons (Fsp3) is 0.769. The highest BCUT2D eigenvalue weighted by atomic mass is 16.6. The summed E-state index contributed by atoms with van der Waals surface area (Å²) in [5, 5.41) is 2.40. The third-order valence-corrected chi connectivity index (χ3v) is 2.21. The number of urea groups is 1. The fourth-order valence-corrected chi connectivity index (χ4v) is 1.52. The molecule has 0 spiro atoms. The van der Waals surface area contributed by atoms with E-state index in [1.807, 2.05) is 0 Å². The highest BCUT2D eigenvalue weighted by molar-refractivity contribution is 5.97. The van der Waals surface area contributed by atoms with Crippen molar-refractivity contribution in [2.75, 3.05) is 6.54 Å². The van der Waals surface area contributed by atoms with Crippen LogP contribution in [0.1, 0.15) is 41.5 Å². The summed E-state index contributed by atoms with van der Waals surface area (Å²) >= 11 is 0. The lowest BCUT2D eigenvalue weighted by Crippen LogP contribution is -2.39. The quantitative estimate of drug-likeness (QED) is 0.741. The molecule has 1 saturated heterocycles.